The summed E-state index contributed by atoms with van der Waals surface area (Å²) >= 11 is 0. The van der Waals surface area contributed by atoms with E-state index in [0.717, 1.165) is 18.2 Å². The second-order valence-electron chi connectivity index (χ2n) is 6.68. The molecule has 0 aromatic heterocycles. The summed E-state index contributed by atoms with van der Waals surface area (Å²) in [5.74, 6) is -0.857. The summed E-state index contributed by atoms with van der Waals surface area (Å²) in [6.45, 7) is 2.15. The molecule has 4 N–H and O–H groups in total. The second-order valence-corrected chi connectivity index (χ2v) is 6.68. The Kier molecular flexibility index (Phi) is 6.67. The topological polar surface area (TPSA) is 93.4 Å². The van der Waals surface area contributed by atoms with Crippen molar-refractivity contribution < 1.29 is 27.5 Å². The van der Waals surface area contributed by atoms with Gasteiger partial charge >= 0.3 is 6.18 Å². The van der Waals surface area contributed by atoms with E-state index in [1.807, 2.05) is 0 Å². The van der Waals surface area contributed by atoms with Crippen molar-refractivity contribution in [3.63, 3.8) is 0 Å². The minimum absolute atomic E-state index is 0.0292. The van der Waals surface area contributed by atoms with Gasteiger partial charge in [-0.1, -0.05) is 24.3 Å². The predicted molar refractivity (Wildman–Crippen MR) is 116 cm³/mol. The van der Waals surface area contributed by atoms with Gasteiger partial charge in [-0.05, 0) is 49.4 Å². The molecule has 0 aliphatic carbocycles. The van der Waals surface area contributed by atoms with E-state index in [-0.39, 0.29) is 28.2 Å². The van der Waals surface area contributed by atoms with Crippen molar-refractivity contribution in [2.75, 3.05) is 23.0 Å². The quantitative estimate of drug-likeness (QED) is 0.457. The van der Waals surface area contributed by atoms with E-state index in [1.165, 1.54) is 12.1 Å². The summed E-state index contributed by atoms with van der Waals surface area (Å²) in [5.41, 5.74) is 5.06. The van der Waals surface area contributed by atoms with Gasteiger partial charge in [-0.25, -0.2) is 0 Å². The fourth-order valence-electron chi connectivity index (χ4n) is 2.95. The van der Waals surface area contributed by atoms with Crippen molar-refractivity contribution in [2.45, 2.75) is 13.1 Å². The molecular weight excluding hydrogens is 423 g/mol. The van der Waals surface area contributed by atoms with Crippen molar-refractivity contribution in [1.29, 1.82) is 0 Å². The molecule has 9 heteroatoms. The van der Waals surface area contributed by atoms with Crippen LogP contribution in [0, 0.1) is 0 Å². The maximum atomic E-state index is 13.0. The summed E-state index contributed by atoms with van der Waals surface area (Å²) in [6, 6.07) is 15.4. The summed E-state index contributed by atoms with van der Waals surface area (Å²) in [4.78, 5) is 25.6. The molecule has 0 unspecified atom stereocenters. The van der Waals surface area contributed by atoms with Gasteiger partial charge in [0.2, 0.25) is 0 Å². The molecule has 3 aromatic rings. The molecular formula is C23H20F3N3O3. The first-order chi connectivity index (χ1) is 15.2. The zero-order valence-corrected chi connectivity index (χ0v) is 17.0. The Labute approximate surface area is 182 Å². The number of anilines is 3. The van der Waals surface area contributed by atoms with Gasteiger partial charge in [0.05, 0.1) is 40.4 Å². The Bertz CT molecular complexity index is 1150. The molecule has 0 radical (unpaired) electrons. The highest BCUT2D eigenvalue weighted by Gasteiger charge is 2.31. The Hall–Kier alpha value is -4.01. The van der Waals surface area contributed by atoms with Gasteiger partial charge in [0, 0.05) is 0 Å². The Balaban J connectivity index is 1.86. The van der Waals surface area contributed by atoms with Crippen LogP contribution >= 0.6 is 0 Å². The Morgan fingerprint density at radius 3 is 2.16 bits per heavy atom. The van der Waals surface area contributed by atoms with Gasteiger partial charge in [0.15, 0.2) is 0 Å². The monoisotopic (exact) mass is 443 g/mol. The number of ether oxygens (including phenoxy) is 1. The predicted octanol–water partition coefficient (Wildman–Crippen LogP) is 5.19. The Morgan fingerprint density at radius 2 is 1.47 bits per heavy atom. The first-order valence-corrected chi connectivity index (χ1v) is 9.61. The zero-order chi connectivity index (χ0) is 23.3. The molecule has 0 spiro atoms. The highest BCUT2D eigenvalue weighted by molar-refractivity contribution is 6.13. The lowest BCUT2D eigenvalue weighted by atomic mass is 10.1. The molecule has 0 aliphatic heterocycles. The summed E-state index contributed by atoms with van der Waals surface area (Å²) < 4.78 is 44.5. The number of carbonyl (C=O) groups is 2. The number of hydrogen-bond donors (Lipinski definition) is 3. The third-order valence-corrected chi connectivity index (χ3v) is 4.48. The number of benzene rings is 3. The molecule has 0 fully saturated rings. The number of para-hydroxylation sites is 2. The molecule has 32 heavy (non-hydrogen) atoms. The van der Waals surface area contributed by atoms with Crippen LogP contribution in [0.3, 0.4) is 0 Å². The van der Waals surface area contributed by atoms with Crippen molar-refractivity contribution in [3.05, 3.63) is 83.4 Å². The van der Waals surface area contributed by atoms with E-state index in [0.29, 0.717) is 12.4 Å². The average Bonchev–Trinajstić information content (AvgIpc) is 2.75. The number of nitrogen functional groups attached to an aromatic ring is 1. The summed E-state index contributed by atoms with van der Waals surface area (Å²) in [5, 5.41) is 5.04. The van der Waals surface area contributed by atoms with Crippen LogP contribution in [-0.2, 0) is 6.18 Å². The lowest BCUT2D eigenvalue weighted by Crippen LogP contribution is -2.19. The van der Waals surface area contributed by atoms with Gasteiger partial charge < -0.3 is 21.1 Å². The van der Waals surface area contributed by atoms with E-state index < -0.39 is 23.6 Å². The number of rotatable bonds is 6. The number of nitrogens with one attached hydrogen (secondary N) is 2. The molecule has 3 aromatic carbocycles. The standard InChI is InChI=1S/C23H20F3N3O3/c1-2-32-20-10-6-4-8-16(20)22(31)28-18-9-5-3-7-15(18)21(30)29-19-13-14(23(24,25)26)11-12-17(19)27/h3-13H,2,27H2,1H3,(H,28,31)(H,29,30). The van der Waals surface area contributed by atoms with Crippen molar-refractivity contribution >= 4 is 28.9 Å². The van der Waals surface area contributed by atoms with Crippen LogP contribution in [0.2, 0.25) is 0 Å². The van der Waals surface area contributed by atoms with Crippen molar-refractivity contribution in [1.82, 2.24) is 0 Å². The zero-order valence-electron chi connectivity index (χ0n) is 17.0. The smallest absolute Gasteiger partial charge is 0.416 e. The van der Waals surface area contributed by atoms with E-state index in [9.17, 15) is 22.8 Å². The minimum Gasteiger partial charge on any atom is -0.493 e. The SMILES string of the molecule is CCOc1ccccc1C(=O)Nc1ccccc1C(=O)Nc1cc(C(F)(F)F)ccc1N. The second kappa shape index (κ2) is 9.42. The van der Waals surface area contributed by atoms with Crippen LogP contribution in [0.25, 0.3) is 0 Å². The maximum absolute atomic E-state index is 13.0. The highest BCUT2D eigenvalue weighted by Crippen LogP contribution is 2.33. The molecule has 2 amide bonds. The summed E-state index contributed by atoms with van der Waals surface area (Å²) in [7, 11) is 0. The fourth-order valence-corrected chi connectivity index (χ4v) is 2.95. The number of nitrogens with two attached hydrogens (primary N) is 1. The lowest BCUT2D eigenvalue weighted by molar-refractivity contribution is -0.137. The van der Waals surface area contributed by atoms with Crippen LogP contribution < -0.4 is 21.1 Å². The normalized spacial score (nSPS) is 11.0. The van der Waals surface area contributed by atoms with Crippen LogP contribution in [0.5, 0.6) is 5.75 Å². The maximum Gasteiger partial charge on any atom is 0.416 e. The molecule has 6 nitrogen and oxygen atoms in total. The van der Waals surface area contributed by atoms with Crippen LogP contribution in [0.1, 0.15) is 33.2 Å². The van der Waals surface area contributed by atoms with E-state index in [1.54, 1.807) is 43.3 Å². The molecule has 0 saturated carbocycles. The number of hydrogen-bond acceptors (Lipinski definition) is 4. The molecule has 166 valence electrons. The molecule has 0 bridgehead atoms. The highest BCUT2D eigenvalue weighted by atomic mass is 19.4. The third-order valence-electron chi connectivity index (χ3n) is 4.48. The van der Waals surface area contributed by atoms with Gasteiger partial charge in [-0.15, -0.1) is 0 Å². The number of alkyl halides is 3. The number of halogens is 3. The van der Waals surface area contributed by atoms with Crippen molar-refractivity contribution in [2.24, 2.45) is 0 Å². The van der Waals surface area contributed by atoms with Gasteiger partial charge in [0.1, 0.15) is 5.75 Å². The van der Waals surface area contributed by atoms with E-state index in [4.69, 9.17) is 10.5 Å². The third kappa shape index (κ3) is 5.18. The van der Waals surface area contributed by atoms with Gasteiger partial charge in [-0.2, -0.15) is 13.2 Å². The largest absolute Gasteiger partial charge is 0.493 e. The van der Waals surface area contributed by atoms with E-state index in [2.05, 4.69) is 10.6 Å². The lowest BCUT2D eigenvalue weighted by Gasteiger charge is -2.15. The first-order valence-electron chi connectivity index (χ1n) is 9.61. The molecule has 0 atom stereocenters. The number of carbonyl (C=O) groups excluding carboxylic acids is 2. The minimum atomic E-state index is -4.59. The molecule has 0 saturated heterocycles. The summed E-state index contributed by atoms with van der Waals surface area (Å²) in [6.07, 6.45) is -4.59. The van der Waals surface area contributed by atoms with Gasteiger partial charge in [-0.3, -0.25) is 9.59 Å². The average molecular weight is 443 g/mol. The molecule has 0 heterocycles. The molecule has 3 rings (SSSR count). The van der Waals surface area contributed by atoms with Crippen LogP contribution in [0.4, 0.5) is 30.2 Å². The Morgan fingerprint density at radius 1 is 0.875 bits per heavy atom. The fraction of sp³-hybridized carbons (Fsp3) is 0.130. The first kappa shape index (κ1) is 22.7. The van der Waals surface area contributed by atoms with Crippen LogP contribution in [0.15, 0.2) is 66.7 Å². The number of amides is 2. The molecule has 0 aliphatic rings. The van der Waals surface area contributed by atoms with Crippen LogP contribution in [-0.4, -0.2) is 18.4 Å². The van der Waals surface area contributed by atoms with Gasteiger partial charge in [0.25, 0.3) is 11.8 Å². The van der Waals surface area contributed by atoms with Crippen molar-refractivity contribution in [3.8, 4) is 5.75 Å². The van der Waals surface area contributed by atoms with E-state index >= 15 is 0 Å².